The van der Waals surface area contributed by atoms with Crippen molar-refractivity contribution in [3.05, 3.63) is 36.4 Å². The predicted octanol–water partition coefficient (Wildman–Crippen LogP) is 2.67. The first-order chi connectivity index (χ1) is 13.0. The van der Waals surface area contributed by atoms with Gasteiger partial charge in [0.15, 0.2) is 21.6 Å². The van der Waals surface area contributed by atoms with Gasteiger partial charge >= 0.3 is 0 Å². The van der Waals surface area contributed by atoms with Crippen molar-refractivity contribution < 1.29 is 9.18 Å². The Labute approximate surface area is 161 Å². The second-order valence-electron chi connectivity index (χ2n) is 5.81. The largest absolute Gasteiger partial charge is 0.354 e. The van der Waals surface area contributed by atoms with Gasteiger partial charge in [-0.25, -0.2) is 9.37 Å². The number of nitrogens with one attached hydrogen (secondary N) is 1. The number of hydrogen-bond acceptors (Lipinski definition) is 8. The van der Waals surface area contributed by atoms with Crippen LogP contribution in [0.1, 0.15) is 0 Å². The molecule has 138 valence electrons. The quantitative estimate of drug-likeness (QED) is 0.513. The minimum absolute atomic E-state index is 0.141. The Morgan fingerprint density at radius 3 is 2.81 bits per heavy atom. The molecule has 0 atom stereocenters. The molecule has 3 heterocycles. The SMILES string of the molecule is CN(C)c1nc2ncn3c(SCC(=O)Nc4ccc(F)cc4)nnc3c2s1. The molecular weight excluding hydrogens is 389 g/mol. The van der Waals surface area contributed by atoms with Crippen LogP contribution in [0.2, 0.25) is 0 Å². The molecule has 0 unspecified atom stereocenters. The van der Waals surface area contributed by atoms with Crippen molar-refractivity contribution in [3.8, 4) is 0 Å². The average Bonchev–Trinajstić information content (AvgIpc) is 3.25. The summed E-state index contributed by atoms with van der Waals surface area (Å²) in [6.45, 7) is 0. The van der Waals surface area contributed by atoms with Crippen molar-refractivity contribution in [3.63, 3.8) is 0 Å². The van der Waals surface area contributed by atoms with Gasteiger partial charge in [0.1, 0.15) is 16.8 Å². The zero-order valence-corrected chi connectivity index (χ0v) is 16.0. The summed E-state index contributed by atoms with van der Waals surface area (Å²) in [7, 11) is 3.83. The number of carbonyl (C=O) groups excluding carboxylic acids is 1. The Hall–Kier alpha value is -2.79. The van der Waals surface area contributed by atoms with E-state index < -0.39 is 0 Å². The molecule has 0 spiro atoms. The van der Waals surface area contributed by atoms with Crippen LogP contribution in [0.15, 0.2) is 35.7 Å². The first-order valence-corrected chi connectivity index (χ1v) is 9.67. The molecule has 0 bridgehead atoms. The van der Waals surface area contributed by atoms with Gasteiger partial charge in [0.05, 0.1) is 5.75 Å². The molecule has 4 aromatic rings. The fourth-order valence-electron chi connectivity index (χ4n) is 2.33. The van der Waals surface area contributed by atoms with Crippen molar-refractivity contribution in [2.24, 2.45) is 0 Å². The number of carbonyl (C=O) groups is 1. The average molecular weight is 403 g/mol. The van der Waals surface area contributed by atoms with Crippen LogP contribution in [0.4, 0.5) is 15.2 Å². The first kappa shape index (κ1) is 17.6. The number of thioether (sulfide) groups is 1. The van der Waals surface area contributed by atoms with E-state index in [4.69, 9.17) is 0 Å². The molecule has 1 aromatic carbocycles. The fraction of sp³-hybridized carbons (Fsp3) is 0.188. The van der Waals surface area contributed by atoms with E-state index in [2.05, 4.69) is 25.5 Å². The lowest BCUT2D eigenvalue weighted by atomic mass is 10.3. The number of nitrogens with zero attached hydrogens (tertiary/aromatic N) is 6. The van der Waals surface area contributed by atoms with Gasteiger partial charge in [-0.3, -0.25) is 9.20 Å². The van der Waals surface area contributed by atoms with Gasteiger partial charge in [-0.15, -0.1) is 10.2 Å². The topological polar surface area (TPSA) is 88.3 Å². The molecule has 4 rings (SSSR count). The smallest absolute Gasteiger partial charge is 0.234 e. The molecule has 1 N–H and O–H groups in total. The molecule has 3 aromatic heterocycles. The summed E-state index contributed by atoms with van der Waals surface area (Å²) in [5.74, 6) is -0.427. The van der Waals surface area contributed by atoms with E-state index in [0.717, 1.165) is 9.83 Å². The number of thiazole rings is 1. The molecule has 11 heteroatoms. The van der Waals surface area contributed by atoms with Gasteiger partial charge in [-0.2, -0.15) is 4.98 Å². The van der Waals surface area contributed by atoms with E-state index in [1.165, 1.54) is 47.4 Å². The van der Waals surface area contributed by atoms with Crippen LogP contribution >= 0.6 is 23.1 Å². The summed E-state index contributed by atoms with van der Waals surface area (Å²) in [5, 5.41) is 12.5. The Bertz CT molecular complexity index is 1120. The predicted molar refractivity (Wildman–Crippen MR) is 104 cm³/mol. The summed E-state index contributed by atoms with van der Waals surface area (Å²) in [6.07, 6.45) is 1.61. The van der Waals surface area contributed by atoms with Crippen molar-refractivity contribution in [1.82, 2.24) is 24.6 Å². The molecular formula is C16H14FN7OS2. The maximum Gasteiger partial charge on any atom is 0.234 e. The van der Waals surface area contributed by atoms with Crippen LogP contribution in [-0.4, -0.2) is 50.3 Å². The standard InChI is InChI=1S/C16H14FN7OS2/c1-23(2)15-20-13-12(27-15)14-21-22-16(24(14)8-18-13)26-7-11(25)19-10-5-3-9(17)4-6-10/h3-6,8H,7H2,1-2H3,(H,19,25). The van der Waals surface area contributed by atoms with Gasteiger partial charge < -0.3 is 10.2 Å². The molecule has 8 nitrogen and oxygen atoms in total. The van der Waals surface area contributed by atoms with Crippen molar-refractivity contribution in [2.75, 3.05) is 30.1 Å². The Balaban J connectivity index is 1.51. The number of halogens is 1. The number of anilines is 2. The third-order valence-electron chi connectivity index (χ3n) is 3.60. The highest BCUT2D eigenvalue weighted by Crippen LogP contribution is 2.30. The molecule has 0 saturated heterocycles. The Morgan fingerprint density at radius 2 is 2.07 bits per heavy atom. The van der Waals surface area contributed by atoms with Crippen LogP contribution < -0.4 is 10.2 Å². The van der Waals surface area contributed by atoms with Crippen LogP contribution in [0.25, 0.3) is 16.0 Å². The molecule has 1 amide bonds. The van der Waals surface area contributed by atoms with Crippen molar-refractivity contribution in [2.45, 2.75) is 5.16 Å². The van der Waals surface area contributed by atoms with Crippen molar-refractivity contribution >= 4 is 55.8 Å². The second kappa shape index (κ2) is 7.08. The van der Waals surface area contributed by atoms with E-state index in [1.54, 1.807) is 10.7 Å². The number of benzene rings is 1. The molecule has 0 fully saturated rings. The monoisotopic (exact) mass is 403 g/mol. The number of hydrogen-bond donors (Lipinski definition) is 1. The van der Waals surface area contributed by atoms with Gasteiger partial charge in [-0.1, -0.05) is 23.1 Å². The highest BCUT2D eigenvalue weighted by atomic mass is 32.2. The summed E-state index contributed by atoms with van der Waals surface area (Å²) in [4.78, 5) is 22.8. The Morgan fingerprint density at radius 1 is 1.30 bits per heavy atom. The zero-order valence-electron chi connectivity index (χ0n) is 14.4. The molecule has 0 radical (unpaired) electrons. The molecule has 0 saturated carbocycles. The van der Waals surface area contributed by atoms with E-state index >= 15 is 0 Å². The van der Waals surface area contributed by atoms with Crippen LogP contribution in [0.3, 0.4) is 0 Å². The molecule has 0 aliphatic carbocycles. The zero-order chi connectivity index (χ0) is 19.0. The number of amides is 1. The maximum absolute atomic E-state index is 12.9. The summed E-state index contributed by atoms with van der Waals surface area (Å²) in [5.41, 5.74) is 1.82. The minimum Gasteiger partial charge on any atom is -0.354 e. The number of aromatic nitrogens is 5. The van der Waals surface area contributed by atoms with E-state index in [1.807, 2.05) is 19.0 Å². The number of fused-ring (bicyclic) bond motifs is 3. The molecule has 0 aliphatic heterocycles. The van der Waals surface area contributed by atoms with E-state index in [0.29, 0.717) is 22.1 Å². The van der Waals surface area contributed by atoms with Crippen LogP contribution in [0, 0.1) is 5.82 Å². The first-order valence-electron chi connectivity index (χ1n) is 7.87. The maximum atomic E-state index is 12.9. The highest BCUT2D eigenvalue weighted by Gasteiger charge is 2.16. The van der Waals surface area contributed by atoms with Gasteiger partial charge in [-0.05, 0) is 24.3 Å². The third kappa shape index (κ3) is 3.55. The molecule has 27 heavy (non-hydrogen) atoms. The Kier molecular flexibility index (Phi) is 4.62. The van der Waals surface area contributed by atoms with Gasteiger partial charge in [0.2, 0.25) is 5.91 Å². The van der Waals surface area contributed by atoms with Crippen LogP contribution in [-0.2, 0) is 4.79 Å². The normalized spacial score (nSPS) is 11.2. The summed E-state index contributed by atoms with van der Waals surface area (Å²) >= 11 is 2.73. The summed E-state index contributed by atoms with van der Waals surface area (Å²) < 4.78 is 15.5. The lowest BCUT2D eigenvalue weighted by molar-refractivity contribution is -0.113. The lowest BCUT2D eigenvalue weighted by Gasteiger charge is -2.04. The van der Waals surface area contributed by atoms with Gasteiger partial charge in [0, 0.05) is 19.8 Å². The molecule has 0 aliphatic rings. The van der Waals surface area contributed by atoms with E-state index in [9.17, 15) is 9.18 Å². The highest BCUT2D eigenvalue weighted by molar-refractivity contribution is 7.99. The van der Waals surface area contributed by atoms with Crippen molar-refractivity contribution in [1.29, 1.82) is 0 Å². The number of rotatable bonds is 5. The third-order valence-corrected chi connectivity index (χ3v) is 5.76. The lowest BCUT2D eigenvalue weighted by Crippen LogP contribution is -2.14. The summed E-state index contributed by atoms with van der Waals surface area (Å²) in [6, 6.07) is 5.61. The second-order valence-corrected chi connectivity index (χ2v) is 7.73. The minimum atomic E-state index is -0.350. The van der Waals surface area contributed by atoms with Crippen LogP contribution in [0.5, 0.6) is 0 Å². The van der Waals surface area contributed by atoms with Gasteiger partial charge in [0.25, 0.3) is 0 Å². The fourth-order valence-corrected chi connectivity index (χ4v) is 3.95. The van der Waals surface area contributed by atoms with E-state index in [-0.39, 0.29) is 17.5 Å².